The number of Topliss-reactive ketones (excluding diaryl/α,β-unsaturated/α-hetero) is 1. The first-order chi connectivity index (χ1) is 13.5. The first kappa shape index (κ1) is 21.3. The number of fused-ring (bicyclic) bond motifs is 1. The first-order valence-corrected chi connectivity index (χ1v) is 10.4. The fourth-order valence-electron chi connectivity index (χ4n) is 5.80. The zero-order valence-corrected chi connectivity index (χ0v) is 17.5. The summed E-state index contributed by atoms with van der Waals surface area (Å²) >= 11 is 0. The third-order valence-electron chi connectivity index (χ3n) is 7.87. The molecule has 29 heavy (non-hydrogen) atoms. The van der Waals surface area contributed by atoms with Crippen molar-refractivity contribution in [3.05, 3.63) is 35.3 Å². The van der Waals surface area contributed by atoms with E-state index in [1.807, 2.05) is 0 Å². The molecule has 2 fully saturated rings. The minimum atomic E-state index is -1.12. The molecule has 0 radical (unpaired) electrons. The Morgan fingerprint density at radius 1 is 1.31 bits per heavy atom. The van der Waals surface area contributed by atoms with Crippen molar-refractivity contribution < 1.29 is 24.6 Å². The number of aliphatic hydroxyl groups excluding tert-OH is 1. The molecule has 3 aliphatic rings. The van der Waals surface area contributed by atoms with Crippen LogP contribution in [0.15, 0.2) is 35.3 Å². The first-order valence-electron chi connectivity index (χ1n) is 10.4. The zero-order valence-electron chi connectivity index (χ0n) is 17.5. The molecule has 158 valence electrons. The fraction of sp³-hybridized carbons (Fsp3) is 0.609. The summed E-state index contributed by atoms with van der Waals surface area (Å²) in [6, 6.07) is 0. The zero-order chi connectivity index (χ0) is 21.6. The summed E-state index contributed by atoms with van der Waals surface area (Å²) in [7, 11) is 0. The summed E-state index contributed by atoms with van der Waals surface area (Å²) in [5, 5.41) is 22.2. The van der Waals surface area contributed by atoms with Crippen molar-refractivity contribution in [2.45, 2.75) is 59.3 Å². The van der Waals surface area contributed by atoms with Gasteiger partial charge in [-0.25, -0.2) is 0 Å². The van der Waals surface area contributed by atoms with Crippen LogP contribution in [0.2, 0.25) is 0 Å². The van der Waals surface area contributed by atoms with E-state index in [4.69, 9.17) is 5.11 Å². The molecule has 0 saturated heterocycles. The number of hydrogen-bond acceptors (Lipinski definition) is 5. The molecule has 0 aromatic carbocycles. The lowest BCUT2D eigenvalue weighted by atomic mass is 9.46. The van der Waals surface area contributed by atoms with Gasteiger partial charge in [0.25, 0.3) is 0 Å². The highest BCUT2D eigenvalue weighted by molar-refractivity contribution is 6.48. The number of aliphatic carboxylic acids is 1. The van der Waals surface area contributed by atoms with Gasteiger partial charge in [0.05, 0.1) is 5.70 Å². The lowest BCUT2D eigenvalue weighted by Crippen LogP contribution is -2.51. The Morgan fingerprint density at radius 2 is 2.00 bits per heavy atom. The summed E-state index contributed by atoms with van der Waals surface area (Å²) in [5.74, 6) is -2.21. The molecule has 3 aliphatic carbocycles. The van der Waals surface area contributed by atoms with Crippen LogP contribution in [0.25, 0.3) is 0 Å². The molecule has 0 bridgehead atoms. The topological polar surface area (TPSA) is 104 Å². The SMILES string of the molecule is C=C1CCC[C@H]2[C@](C)(CC3=C(O)C(NCC(=O)O)=CC(=O)C3=O)[C@@H](C)CC[C@]12C. The molecule has 4 atom stereocenters. The predicted molar refractivity (Wildman–Crippen MR) is 109 cm³/mol. The number of carboxylic acid groups (broad SMARTS) is 1. The highest BCUT2D eigenvalue weighted by Gasteiger charge is 2.54. The second-order valence-corrected chi connectivity index (χ2v) is 9.41. The second-order valence-electron chi connectivity index (χ2n) is 9.41. The summed E-state index contributed by atoms with van der Waals surface area (Å²) in [6.07, 6.45) is 6.47. The number of allylic oxidation sites excluding steroid dienone is 3. The summed E-state index contributed by atoms with van der Waals surface area (Å²) in [5.41, 5.74) is 1.09. The molecular formula is C23H31NO5. The second kappa shape index (κ2) is 7.47. The molecule has 0 aromatic rings. The van der Waals surface area contributed by atoms with E-state index in [1.165, 1.54) is 5.57 Å². The van der Waals surface area contributed by atoms with Crippen LogP contribution in [0.1, 0.15) is 59.3 Å². The highest BCUT2D eigenvalue weighted by atomic mass is 16.4. The average Bonchev–Trinajstić information content (AvgIpc) is 2.66. The normalized spacial score (nSPS) is 35.3. The number of rotatable bonds is 5. The van der Waals surface area contributed by atoms with Crippen LogP contribution in [0, 0.1) is 22.7 Å². The third-order valence-corrected chi connectivity index (χ3v) is 7.87. The lowest BCUT2D eigenvalue weighted by Gasteiger charge is -2.59. The lowest BCUT2D eigenvalue weighted by molar-refractivity contribution is -0.135. The van der Waals surface area contributed by atoms with E-state index in [2.05, 4.69) is 32.7 Å². The highest BCUT2D eigenvalue weighted by Crippen LogP contribution is 2.63. The molecular weight excluding hydrogens is 370 g/mol. The van der Waals surface area contributed by atoms with E-state index in [0.29, 0.717) is 18.3 Å². The fourth-order valence-corrected chi connectivity index (χ4v) is 5.80. The monoisotopic (exact) mass is 401 g/mol. The number of carbonyl (C=O) groups is 3. The number of nitrogens with one attached hydrogen (secondary N) is 1. The number of ketones is 2. The maximum Gasteiger partial charge on any atom is 0.322 e. The van der Waals surface area contributed by atoms with Gasteiger partial charge in [0.1, 0.15) is 12.3 Å². The van der Waals surface area contributed by atoms with Gasteiger partial charge in [-0.05, 0) is 61.2 Å². The Hall–Kier alpha value is -2.37. The van der Waals surface area contributed by atoms with Gasteiger partial charge >= 0.3 is 5.97 Å². The van der Waals surface area contributed by atoms with Gasteiger partial charge in [-0.15, -0.1) is 0 Å². The van der Waals surface area contributed by atoms with E-state index < -0.39 is 24.1 Å². The quantitative estimate of drug-likeness (QED) is 0.369. The molecule has 0 aromatic heterocycles. The summed E-state index contributed by atoms with van der Waals surface area (Å²) in [4.78, 5) is 35.8. The van der Waals surface area contributed by atoms with Gasteiger partial charge < -0.3 is 15.5 Å². The van der Waals surface area contributed by atoms with E-state index in [0.717, 1.165) is 38.2 Å². The summed E-state index contributed by atoms with van der Waals surface area (Å²) < 4.78 is 0. The molecule has 3 rings (SSSR count). The van der Waals surface area contributed by atoms with E-state index >= 15 is 0 Å². The summed E-state index contributed by atoms with van der Waals surface area (Å²) in [6.45, 7) is 10.5. The standard InChI is InChI=1S/C23H31NO5/c1-13-6-5-7-18-22(13,3)9-8-14(2)23(18,4)11-15-20(28)16(24-12-19(26)27)10-17(25)21(15)29/h10,14,18,24,28H,1,5-9,11-12H2,2-4H3,(H,26,27)/t14-,18+,22+,23+/m0/s1. The van der Waals surface area contributed by atoms with Crippen LogP contribution in [-0.4, -0.2) is 34.3 Å². The van der Waals surface area contributed by atoms with Crippen LogP contribution in [0.3, 0.4) is 0 Å². The van der Waals surface area contributed by atoms with E-state index in [1.54, 1.807) is 0 Å². The molecule has 0 spiro atoms. The Bertz CT molecular complexity index is 838. The largest absolute Gasteiger partial charge is 0.505 e. The van der Waals surface area contributed by atoms with Crippen LogP contribution < -0.4 is 5.32 Å². The molecule has 0 unspecified atom stereocenters. The van der Waals surface area contributed by atoms with Gasteiger partial charge in [-0.3, -0.25) is 14.4 Å². The Balaban J connectivity index is 1.98. The van der Waals surface area contributed by atoms with Crippen LogP contribution in [-0.2, 0) is 14.4 Å². The minimum absolute atomic E-state index is 0.00234. The Morgan fingerprint density at radius 3 is 2.66 bits per heavy atom. The third kappa shape index (κ3) is 3.53. The maximum atomic E-state index is 12.7. The van der Waals surface area contributed by atoms with E-state index in [-0.39, 0.29) is 27.9 Å². The van der Waals surface area contributed by atoms with Crippen molar-refractivity contribution >= 4 is 17.5 Å². The van der Waals surface area contributed by atoms with Crippen LogP contribution in [0.4, 0.5) is 0 Å². The molecule has 0 amide bonds. The van der Waals surface area contributed by atoms with Crippen LogP contribution in [0.5, 0.6) is 0 Å². The smallest absolute Gasteiger partial charge is 0.322 e. The number of carboxylic acids is 1. The Kier molecular flexibility index (Phi) is 5.50. The van der Waals surface area contributed by atoms with Gasteiger partial charge in [0.2, 0.25) is 11.6 Å². The van der Waals surface area contributed by atoms with Crippen molar-refractivity contribution in [1.82, 2.24) is 5.32 Å². The Labute approximate surface area is 171 Å². The average molecular weight is 402 g/mol. The molecule has 3 N–H and O–H groups in total. The number of aliphatic hydroxyl groups is 1. The molecule has 2 saturated carbocycles. The molecule has 6 heteroatoms. The number of carbonyl (C=O) groups excluding carboxylic acids is 2. The van der Waals surface area contributed by atoms with Crippen molar-refractivity contribution in [3.8, 4) is 0 Å². The van der Waals surface area contributed by atoms with Crippen molar-refractivity contribution in [2.24, 2.45) is 22.7 Å². The molecule has 0 aliphatic heterocycles. The van der Waals surface area contributed by atoms with E-state index in [9.17, 15) is 19.5 Å². The van der Waals surface area contributed by atoms with Crippen molar-refractivity contribution in [3.63, 3.8) is 0 Å². The predicted octanol–water partition coefficient (Wildman–Crippen LogP) is 3.70. The van der Waals surface area contributed by atoms with Gasteiger partial charge in [-0.2, -0.15) is 0 Å². The number of hydrogen-bond donors (Lipinski definition) is 3. The van der Waals surface area contributed by atoms with Gasteiger partial charge in [-0.1, -0.05) is 32.9 Å². The molecule has 0 heterocycles. The van der Waals surface area contributed by atoms with Gasteiger partial charge in [0, 0.05) is 11.6 Å². The van der Waals surface area contributed by atoms with Crippen LogP contribution >= 0.6 is 0 Å². The van der Waals surface area contributed by atoms with Gasteiger partial charge in [0.15, 0.2) is 0 Å². The van der Waals surface area contributed by atoms with Crippen molar-refractivity contribution in [1.29, 1.82) is 0 Å². The molecule has 6 nitrogen and oxygen atoms in total. The minimum Gasteiger partial charge on any atom is -0.505 e. The van der Waals surface area contributed by atoms with Crippen molar-refractivity contribution in [2.75, 3.05) is 6.54 Å². The maximum absolute atomic E-state index is 12.7.